The lowest BCUT2D eigenvalue weighted by molar-refractivity contribution is -0.139. The Hall–Kier alpha value is -1.75. The van der Waals surface area contributed by atoms with Crippen LogP contribution in [0.25, 0.3) is 0 Å². The Balaban J connectivity index is 1.89. The number of anilines is 1. The number of nitrogen functional groups attached to an aromatic ring is 1. The number of benzene rings is 1. The van der Waals surface area contributed by atoms with Crippen LogP contribution in [0.15, 0.2) is 24.3 Å². The van der Waals surface area contributed by atoms with Crippen molar-refractivity contribution in [1.29, 1.82) is 0 Å². The van der Waals surface area contributed by atoms with E-state index >= 15 is 0 Å². The van der Waals surface area contributed by atoms with Crippen molar-refractivity contribution in [3.05, 3.63) is 24.3 Å². The van der Waals surface area contributed by atoms with Crippen LogP contribution < -0.4 is 10.5 Å². The van der Waals surface area contributed by atoms with E-state index in [9.17, 15) is 4.79 Å². The highest BCUT2D eigenvalue weighted by Gasteiger charge is 2.25. The van der Waals surface area contributed by atoms with Crippen LogP contribution in [0, 0.1) is 0 Å². The molecular formula is C15H23N3O2. The molecule has 2 rings (SSSR count). The third-order valence-electron chi connectivity index (χ3n) is 3.65. The number of carbonyl (C=O) groups is 1. The van der Waals surface area contributed by atoms with E-state index in [1.807, 2.05) is 17.0 Å². The third kappa shape index (κ3) is 3.63. The molecule has 0 unspecified atom stereocenters. The van der Waals surface area contributed by atoms with Crippen LogP contribution >= 0.6 is 0 Å². The average molecular weight is 277 g/mol. The molecule has 5 heteroatoms. The molecule has 1 amide bonds. The van der Waals surface area contributed by atoms with Crippen LogP contribution in [0.1, 0.15) is 13.8 Å². The highest BCUT2D eigenvalue weighted by molar-refractivity contribution is 5.81. The highest BCUT2D eigenvalue weighted by atomic mass is 16.5. The van der Waals surface area contributed by atoms with E-state index in [-0.39, 0.29) is 5.91 Å². The van der Waals surface area contributed by atoms with E-state index in [1.54, 1.807) is 19.1 Å². The Labute approximate surface area is 120 Å². The van der Waals surface area contributed by atoms with Crippen molar-refractivity contribution in [2.24, 2.45) is 0 Å². The first-order valence-corrected chi connectivity index (χ1v) is 7.13. The van der Waals surface area contributed by atoms with E-state index in [1.165, 1.54) is 0 Å². The van der Waals surface area contributed by atoms with Gasteiger partial charge in [-0.25, -0.2) is 0 Å². The summed E-state index contributed by atoms with van der Waals surface area (Å²) in [7, 11) is 0. The predicted molar refractivity (Wildman–Crippen MR) is 79.6 cm³/mol. The highest BCUT2D eigenvalue weighted by Crippen LogP contribution is 2.17. The van der Waals surface area contributed by atoms with Crippen molar-refractivity contribution in [3.8, 4) is 5.75 Å². The molecular weight excluding hydrogens is 254 g/mol. The number of carbonyl (C=O) groups excluding carboxylic acids is 1. The lowest BCUT2D eigenvalue weighted by atomic mass is 10.2. The molecule has 0 spiro atoms. The van der Waals surface area contributed by atoms with E-state index in [2.05, 4.69) is 11.8 Å². The van der Waals surface area contributed by atoms with Gasteiger partial charge < -0.3 is 20.3 Å². The SMILES string of the molecule is CCN1CCN(C(=O)[C@H](C)Oc2cccc(N)c2)CC1. The van der Waals surface area contributed by atoms with Crippen molar-refractivity contribution in [1.82, 2.24) is 9.80 Å². The van der Waals surface area contributed by atoms with Gasteiger partial charge in [0.1, 0.15) is 5.75 Å². The summed E-state index contributed by atoms with van der Waals surface area (Å²) in [4.78, 5) is 16.6. The van der Waals surface area contributed by atoms with Gasteiger partial charge in [-0.2, -0.15) is 0 Å². The maximum atomic E-state index is 12.3. The fourth-order valence-corrected chi connectivity index (χ4v) is 2.38. The van der Waals surface area contributed by atoms with Gasteiger partial charge in [0.25, 0.3) is 5.91 Å². The number of hydrogen-bond acceptors (Lipinski definition) is 4. The number of likely N-dealkylation sites (N-methyl/N-ethyl adjacent to an activating group) is 1. The zero-order valence-corrected chi connectivity index (χ0v) is 12.2. The van der Waals surface area contributed by atoms with Gasteiger partial charge in [-0.1, -0.05) is 13.0 Å². The Morgan fingerprint density at radius 3 is 2.65 bits per heavy atom. The van der Waals surface area contributed by atoms with Crippen molar-refractivity contribution >= 4 is 11.6 Å². The maximum absolute atomic E-state index is 12.3. The molecule has 1 fully saturated rings. The van der Waals surface area contributed by atoms with Crippen LogP contribution in [0.2, 0.25) is 0 Å². The molecule has 0 aromatic heterocycles. The van der Waals surface area contributed by atoms with E-state index in [0.29, 0.717) is 11.4 Å². The fraction of sp³-hybridized carbons (Fsp3) is 0.533. The minimum Gasteiger partial charge on any atom is -0.481 e. The molecule has 0 radical (unpaired) electrons. The van der Waals surface area contributed by atoms with E-state index < -0.39 is 6.10 Å². The van der Waals surface area contributed by atoms with Crippen molar-refractivity contribution in [2.75, 3.05) is 38.5 Å². The smallest absolute Gasteiger partial charge is 0.263 e. The molecule has 0 saturated carbocycles. The van der Waals surface area contributed by atoms with Crippen LogP contribution in [0.5, 0.6) is 5.75 Å². The Morgan fingerprint density at radius 1 is 1.35 bits per heavy atom. The second-order valence-electron chi connectivity index (χ2n) is 5.09. The third-order valence-corrected chi connectivity index (χ3v) is 3.65. The van der Waals surface area contributed by atoms with Gasteiger partial charge in [0, 0.05) is 37.9 Å². The van der Waals surface area contributed by atoms with E-state index in [0.717, 1.165) is 32.7 Å². The normalized spacial score (nSPS) is 17.8. The maximum Gasteiger partial charge on any atom is 0.263 e. The lowest BCUT2D eigenvalue weighted by Crippen LogP contribution is -2.51. The summed E-state index contributed by atoms with van der Waals surface area (Å²) >= 11 is 0. The van der Waals surface area contributed by atoms with Crippen molar-refractivity contribution in [3.63, 3.8) is 0 Å². The second kappa shape index (κ2) is 6.61. The first-order chi connectivity index (χ1) is 9.60. The summed E-state index contributed by atoms with van der Waals surface area (Å²) in [5, 5.41) is 0. The molecule has 1 aliphatic heterocycles. The predicted octanol–water partition coefficient (Wildman–Crippen LogP) is 1.20. The van der Waals surface area contributed by atoms with Crippen LogP contribution in [-0.4, -0.2) is 54.5 Å². The Bertz CT molecular complexity index is 456. The van der Waals surface area contributed by atoms with Gasteiger partial charge in [-0.05, 0) is 25.6 Å². The number of piperazine rings is 1. The van der Waals surface area contributed by atoms with Crippen LogP contribution in [0.3, 0.4) is 0 Å². The lowest BCUT2D eigenvalue weighted by Gasteiger charge is -2.35. The van der Waals surface area contributed by atoms with Gasteiger partial charge in [-0.3, -0.25) is 4.79 Å². The number of nitrogens with two attached hydrogens (primary N) is 1. The van der Waals surface area contributed by atoms with Gasteiger partial charge in [0.05, 0.1) is 0 Å². The first kappa shape index (κ1) is 14.7. The summed E-state index contributed by atoms with van der Waals surface area (Å²) in [6, 6.07) is 7.17. The number of hydrogen-bond donors (Lipinski definition) is 1. The summed E-state index contributed by atoms with van der Waals surface area (Å²) in [5.74, 6) is 0.682. The Kier molecular flexibility index (Phi) is 4.84. The summed E-state index contributed by atoms with van der Waals surface area (Å²) in [5.41, 5.74) is 6.34. The molecule has 2 N–H and O–H groups in total. The molecule has 5 nitrogen and oxygen atoms in total. The largest absolute Gasteiger partial charge is 0.481 e. The number of ether oxygens (including phenoxy) is 1. The van der Waals surface area contributed by atoms with Gasteiger partial charge >= 0.3 is 0 Å². The number of amides is 1. The molecule has 1 saturated heterocycles. The molecule has 1 atom stereocenters. The topological polar surface area (TPSA) is 58.8 Å². The standard InChI is InChI=1S/C15H23N3O2/c1-3-17-7-9-18(10-8-17)15(19)12(2)20-14-6-4-5-13(16)11-14/h4-6,11-12H,3,7-10,16H2,1-2H3/t12-/m0/s1. The molecule has 1 heterocycles. The van der Waals surface area contributed by atoms with Gasteiger partial charge in [0.15, 0.2) is 6.10 Å². The van der Waals surface area contributed by atoms with Crippen LogP contribution in [0.4, 0.5) is 5.69 Å². The zero-order valence-electron chi connectivity index (χ0n) is 12.2. The quantitative estimate of drug-likeness (QED) is 0.840. The number of nitrogens with zero attached hydrogens (tertiary/aromatic N) is 2. The summed E-state index contributed by atoms with van der Waals surface area (Å²) in [6.45, 7) is 8.40. The van der Waals surface area contributed by atoms with Crippen LogP contribution in [-0.2, 0) is 4.79 Å². The molecule has 0 bridgehead atoms. The Morgan fingerprint density at radius 2 is 2.05 bits per heavy atom. The van der Waals surface area contributed by atoms with Gasteiger partial charge in [-0.15, -0.1) is 0 Å². The molecule has 1 aliphatic rings. The fourth-order valence-electron chi connectivity index (χ4n) is 2.38. The molecule has 0 aliphatic carbocycles. The monoisotopic (exact) mass is 277 g/mol. The van der Waals surface area contributed by atoms with Gasteiger partial charge in [0.2, 0.25) is 0 Å². The summed E-state index contributed by atoms with van der Waals surface area (Å²) < 4.78 is 5.68. The minimum absolute atomic E-state index is 0.0446. The number of rotatable bonds is 4. The van der Waals surface area contributed by atoms with E-state index in [4.69, 9.17) is 10.5 Å². The summed E-state index contributed by atoms with van der Waals surface area (Å²) in [6.07, 6.45) is -0.482. The molecule has 1 aromatic carbocycles. The second-order valence-corrected chi connectivity index (χ2v) is 5.09. The minimum atomic E-state index is -0.482. The molecule has 110 valence electrons. The zero-order chi connectivity index (χ0) is 14.5. The molecule has 1 aromatic rings. The first-order valence-electron chi connectivity index (χ1n) is 7.13. The van der Waals surface area contributed by atoms with Crippen molar-refractivity contribution < 1.29 is 9.53 Å². The van der Waals surface area contributed by atoms with Crippen molar-refractivity contribution in [2.45, 2.75) is 20.0 Å². The average Bonchev–Trinajstić information content (AvgIpc) is 2.46. The molecule has 20 heavy (non-hydrogen) atoms.